The highest BCUT2D eigenvalue weighted by molar-refractivity contribution is 9.10. The minimum Gasteiger partial charge on any atom is -0.361 e. The van der Waals surface area contributed by atoms with E-state index >= 15 is 0 Å². The van der Waals surface area contributed by atoms with Gasteiger partial charge in [0.25, 0.3) is 0 Å². The lowest BCUT2D eigenvalue weighted by atomic mass is 9.98. The van der Waals surface area contributed by atoms with E-state index in [1.165, 1.54) is 22.9 Å². The van der Waals surface area contributed by atoms with Gasteiger partial charge in [0.2, 0.25) is 0 Å². The summed E-state index contributed by atoms with van der Waals surface area (Å²) in [6.07, 6.45) is 3.41. The Balaban J connectivity index is 2.13. The molecule has 2 heterocycles. The summed E-state index contributed by atoms with van der Waals surface area (Å²) in [5.74, 6) is 0.674. The summed E-state index contributed by atoms with van der Waals surface area (Å²) in [5, 5.41) is 4.77. The Morgan fingerprint density at radius 2 is 2.27 bits per heavy atom. The molecule has 0 radical (unpaired) electrons. The van der Waals surface area contributed by atoms with Crippen LogP contribution in [0.3, 0.4) is 0 Å². The highest BCUT2D eigenvalue weighted by atomic mass is 79.9. The van der Waals surface area contributed by atoms with Crippen LogP contribution in [0.1, 0.15) is 17.9 Å². The summed E-state index contributed by atoms with van der Waals surface area (Å²) < 4.78 is 1.15. The van der Waals surface area contributed by atoms with Crippen molar-refractivity contribution in [1.82, 2.24) is 10.3 Å². The van der Waals surface area contributed by atoms with Crippen molar-refractivity contribution in [2.75, 3.05) is 13.1 Å². The fourth-order valence-electron chi connectivity index (χ4n) is 2.37. The van der Waals surface area contributed by atoms with Crippen LogP contribution in [0, 0.1) is 0 Å². The predicted molar refractivity (Wildman–Crippen MR) is 66.2 cm³/mol. The minimum atomic E-state index is 0.674. The second-order valence-electron chi connectivity index (χ2n) is 4.12. The summed E-state index contributed by atoms with van der Waals surface area (Å²) in [7, 11) is 0. The zero-order valence-electron chi connectivity index (χ0n) is 8.39. The van der Waals surface area contributed by atoms with Crippen LogP contribution in [-0.4, -0.2) is 18.1 Å². The number of aromatic nitrogens is 1. The zero-order valence-corrected chi connectivity index (χ0v) is 9.97. The van der Waals surface area contributed by atoms with Gasteiger partial charge in [0, 0.05) is 28.1 Å². The van der Waals surface area contributed by atoms with E-state index in [9.17, 15) is 0 Å². The fourth-order valence-corrected chi connectivity index (χ4v) is 2.73. The zero-order chi connectivity index (χ0) is 10.3. The van der Waals surface area contributed by atoms with Gasteiger partial charge in [-0.2, -0.15) is 0 Å². The molecule has 2 N–H and O–H groups in total. The van der Waals surface area contributed by atoms with Gasteiger partial charge in [-0.1, -0.05) is 15.9 Å². The number of halogens is 1. The maximum atomic E-state index is 3.53. The van der Waals surface area contributed by atoms with E-state index in [0.29, 0.717) is 5.92 Å². The molecule has 1 unspecified atom stereocenters. The molecule has 3 rings (SSSR count). The topological polar surface area (TPSA) is 27.8 Å². The molecule has 2 nitrogen and oxygen atoms in total. The number of H-pyrrole nitrogens is 1. The Kier molecular flexibility index (Phi) is 2.29. The highest BCUT2D eigenvalue weighted by Gasteiger charge is 2.19. The van der Waals surface area contributed by atoms with Crippen molar-refractivity contribution in [3.63, 3.8) is 0 Å². The average molecular weight is 265 g/mol. The number of aromatic amines is 1. The summed E-state index contributed by atoms with van der Waals surface area (Å²) in [6.45, 7) is 2.25. The average Bonchev–Trinajstić information content (AvgIpc) is 2.83. The van der Waals surface area contributed by atoms with Crippen molar-refractivity contribution in [2.45, 2.75) is 12.3 Å². The molecule has 0 spiro atoms. The van der Waals surface area contributed by atoms with Gasteiger partial charge in [0.1, 0.15) is 0 Å². The maximum Gasteiger partial charge on any atom is 0.0457 e. The van der Waals surface area contributed by atoms with Crippen molar-refractivity contribution in [1.29, 1.82) is 0 Å². The Labute approximate surface area is 97.2 Å². The summed E-state index contributed by atoms with van der Waals surface area (Å²) in [4.78, 5) is 3.34. The quantitative estimate of drug-likeness (QED) is 0.815. The number of nitrogens with one attached hydrogen (secondary N) is 2. The van der Waals surface area contributed by atoms with Crippen LogP contribution in [0.5, 0.6) is 0 Å². The summed E-state index contributed by atoms with van der Waals surface area (Å²) in [6, 6.07) is 6.42. The Morgan fingerprint density at radius 3 is 3.07 bits per heavy atom. The standard InChI is InChI=1S/C12H13BrN2/c13-9-1-2-12-10(5-9)11(7-15-12)8-3-4-14-6-8/h1-2,5,7-8,14-15H,3-4,6H2. The third kappa shape index (κ3) is 1.60. The molecule has 1 aliphatic heterocycles. The van der Waals surface area contributed by atoms with Gasteiger partial charge in [0.15, 0.2) is 0 Å². The van der Waals surface area contributed by atoms with Gasteiger partial charge < -0.3 is 10.3 Å². The lowest BCUT2D eigenvalue weighted by Gasteiger charge is -2.06. The van der Waals surface area contributed by atoms with E-state index in [0.717, 1.165) is 17.6 Å². The van der Waals surface area contributed by atoms with Crippen molar-refractivity contribution in [3.05, 3.63) is 34.4 Å². The lowest BCUT2D eigenvalue weighted by molar-refractivity contribution is 0.769. The van der Waals surface area contributed by atoms with Gasteiger partial charge in [-0.3, -0.25) is 0 Å². The largest absolute Gasteiger partial charge is 0.361 e. The Bertz CT molecular complexity index is 483. The van der Waals surface area contributed by atoms with Gasteiger partial charge in [-0.05, 0) is 42.6 Å². The highest BCUT2D eigenvalue weighted by Crippen LogP contribution is 2.30. The Morgan fingerprint density at radius 1 is 1.33 bits per heavy atom. The molecule has 0 bridgehead atoms. The minimum absolute atomic E-state index is 0.674. The van der Waals surface area contributed by atoms with Crippen LogP contribution in [-0.2, 0) is 0 Å². The molecule has 78 valence electrons. The molecule has 0 aliphatic carbocycles. The molecule has 0 saturated carbocycles. The van der Waals surface area contributed by atoms with Crippen LogP contribution in [0.4, 0.5) is 0 Å². The van der Waals surface area contributed by atoms with E-state index in [1.54, 1.807) is 0 Å². The number of rotatable bonds is 1. The molecular weight excluding hydrogens is 252 g/mol. The van der Waals surface area contributed by atoms with Crippen molar-refractivity contribution in [2.24, 2.45) is 0 Å². The van der Waals surface area contributed by atoms with Crippen LogP contribution in [0.2, 0.25) is 0 Å². The first-order valence-corrected chi connectivity index (χ1v) is 6.11. The Hall–Kier alpha value is -0.800. The van der Waals surface area contributed by atoms with Crippen LogP contribution in [0.15, 0.2) is 28.9 Å². The maximum absolute atomic E-state index is 3.53. The summed E-state index contributed by atoms with van der Waals surface area (Å²) in [5.41, 5.74) is 2.69. The number of fused-ring (bicyclic) bond motifs is 1. The number of hydrogen-bond donors (Lipinski definition) is 2. The van der Waals surface area contributed by atoms with E-state index in [2.05, 4.69) is 50.6 Å². The SMILES string of the molecule is Brc1ccc2[nH]cc(C3CCNC3)c2c1. The van der Waals surface area contributed by atoms with E-state index < -0.39 is 0 Å². The second kappa shape index (κ2) is 3.65. The first-order valence-electron chi connectivity index (χ1n) is 5.32. The molecule has 1 atom stereocenters. The van der Waals surface area contributed by atoms with Gasteiger partial charge in [0.05, 0.1) is 0 Å². The smallest absolute Gasteiger partial charge is 0.0457 e. The molecule has 1 aromatic carbocycles. The first kappa shape index (κ1) is 9.43. The van der Waals surface area contributed by atoms with Crippen molar-refractivity contribution < 1.29 is 0 Å². The van der Waals surface area contributed by atoms with Crippen LogP contribution in [0.25, 0.3) is 10.9 Å². The second-order valence-corrected chi connectivity index (χ2v) is 5.04. The van der Waals surface area contributed by atoms with Crippen LogP contribution >= 0.6 is 15.9 Å². The third-order valence-corrected chi connectivity index (χ3v) is 3.67. The van der Waals surface area contributed by atoms with E-state index in [-0.39, 0.29) is 0 Å². The van der Waals surface area contributed by atoms with Gasteiger partial charge in [-0.25, -0.2) is 0 Å². The lowest BCUT2D eigenvalue weighted by Crippen LogP contribution is -2.07. The van der Waals surface area contributed by atoms with Crippen LogP contribution < -0.4 is 5.32 Å². The van der Waals surface area contributed by atoms with Gasteiger partial charge in [-0.15, -0.1) is 0 Å². The molecule has 1 aliphatic rings. The molecule has 1 fully saturated rings. The first-order chi connectivity index (χ1) is 7.34. The predicted octanol–water partition coefficient (Wildman–Crippen LogP) is 3.01. The molecule has 1 saturated heterocycles. The summed E-state index contributed by atoms with van der Waals surface area (Å²) >= 11 is 3.53. The van der Waals surface area contributed by atoms with Crippen molar-refractivity contribution in [3.8, 4) is 0 Å². The fraction of sp³-hybridized carbons (Fsp3) is 0.333. The normalized spacial score (nSPS) is 21.3. The molecular formula is C12H13BrN2. The molecule has 2 aromatic rings. The number of hydrogen-bond acceptors (Lipinski definition) is 1. The van der Waals surface area contributed by atoms with E-state index in [1.807, 2.05) is 0 Å². The molecule has 1 aromatic heterocycles. The molecule has 3 heteroatoms. The van der Waals surface area contributed by atoms with Crippen molar-refractivity contribution >= 4 is 26.8 Å². The van der Waals surface area contributed by atoms with E-state index in [4.69, 9.17) is 0 Å². The monoisotopic (exact) mass is 264 g/mol. The third-order valence-electron chi connectivity index (χ3n) is 3.18. The molecule has 0 amide bonds. The number of benzene rings is 1. The van der Waals surface area contributed by atoms with Gasteiger partial charge >= 0.3 is 0 Å². The molecule has 15 heavy (non-hydrogen) atoms.